The quantitative estimate of drug-likeness (QED) is 0.665. The highest BCUT2D eigenvalue weighted by molar-refractivity contribution is 6.45. The summed E-state index contributed by atoms with van der Waals surface area (Å²) in [5.74, 6) is -0.577. The molecule has 0 fully saturated rings. The number of nitrogens with zero attached hydrogens (tertiary/aromatic N) is 1. The number of anilines is 1. The lowest BCUT2D eigenvalue weighted by molar-refractivity contribution is 0.0601. The van der Waals surface area contributed by atoms with Crippen molar-refractivity contribution in [3.63, 3.8) is 0 Å². The molecule has 20 heavy (non-hydrogen) atoms. The number of ether oxygens (including phenoxy) is 1. The Balaban J connectivity index is 2.73. The second-order valence-electron chi connectivity index (χ2n) is 3.91. The maximum absolute atomic E-state index is 11.8. The molecular weight excluding hydrogens is 323 g/mol. The Morgan fingerprint density at radius 2 is 1.95 bits per heavy atom. The number of hydrogen-bond acceptors (Lipinski definition) is 4. The molecule has 0 saturated carbocycles. The van der Waals surface area contributed by atoms with Crippen LogP contribution >= 0.6 is 34.8 Å². The van der Waals surface area contributed by atoms with Gasteiger partial charge in [-0.05, 0) is 18.2 Å². The Bertz CT molecular complexity index is 690. The predicted octanol–water partition coefficient (Wildman–Crippen LogP) is 4.08. The number of esters is 1. The van der Waals surface area contributed by atoms with Gasteiger partial charge in [-0.15, -0.1) is 0 Å². The standard InChI is InChI=1S/C13H9Cl3N2O2/c1-20-13(19)9-4-7(17)5-18-12(9)8-2-6(14)3-10(15)11(8)16/h2-5H,17H2,1H3. The lowest BCUT2D eigenvalue weighted by atomic mass is 10.1. The van der Waals surface area contributed by atoms with Gasteiger partial charge in [-0.25, -0.2) is 4.79 Å². The second-order valence-corrected chi connectivity index (χ2v) is 5.13. The largest absolute Gasteiger partial charge is 0.465 e. The van der Waals surface area contributed by atoms with Crippen LogP contribution in [0.2, 0.25) is 15.1 Å². The normalized spacial score (nSPS) is 10.4. The molecule has 0 aliphatic carbocycles. The zero-order valence-electron chi connectivity index (χ0n) is 10.3. The molecule has 2 rings (SSSR count). The van der Waals surface area contributed by atoms with Crippen LogP contribution in [0.5, 0.6) is 0 Å². The Morgan fingerprint density at radius 3 is 2.60 bits per heavy atom. The number of aromatic nitrogens is 1. The van der Waals surface area contributed by atoms with Gasteiger partial charge in [-0.1, -0.05) is 34.8 Å². The number of pyridine rings is 1. The molecule has 2 N–H and O–H groups in total. The number of rotatable bonds is 2. The monoisotopic (exact) mass is 330 g/mol. The van der Waals surface area contributed by atoms with Crippen molar-refractivity contribution in [1.29, 1.82) is 0 Å². The van der Waals surface area contributed by atoms with Gasteiger partial charge in [-0.3, -0.25) is 4.98 Å². The molecule has 7 heteroatoms. The molecule has 0 aliphatic heterocycles. The first-order chi connectivity index (χ1) is 9.43. The third kappa shape index (κ3) is 2.82. The fourth-order valence-electron chi connectivity index (χ4n) is 1.69. The van der Waals surface area contributed by atoms with Gasteiger partial charge in [0.1, 0.15) is 0 Å². The molecule has 2 aromatic rings. The second kappa shape index (κ2) is 5.87. The first kappa shape index (κ1) is 14.9. The van der Waals surface area contributed by atoms with Gasteiger partial charge in [0, 0.05) is 10.6 Å². The van der Waals surface area contributed by atoms with Gasteiger partial charge in [0.2, 0.25) is 0 Å². The van der Waals surface area contributed by atoms with Crippen molar-refractivity contribution in [3.8, 4) is 11.3 Å². The molecule has 104 valence electrons. The first-order valence-electron chi connectivity index (χ1n) is 5.42. The van der Waals surface area contributed by atoms with Crippen molar-refractivity contribution >= 4 is 46.5 Å². The van der Waals surface area contributed by atoms with Crippen LogP contribution in [-0.2, 0) is 4.74 Å². The van der Waals surface area contributed by atoms with E-state index in [1.165, 1.54) is 25.4 Å². The Labute approximate surface area is 130 Å². The van der Waals surface area contributed by atoms with E-state index in [0.717, 1.165) is 0 Å². The van der Waals surface area contributed by atoms with Crippen LogP contribution < -0.4 is 5.73 Å². The number of hydrogen-bond donors (Lipinski definition) is 1. The van der Waals surface area contributed by atoms with Gasteiger partial charge in [-0.2, -0.15) is 0 Å². The average Bonchev–Trinajstić information content (AvgIpc) is 2.42. The zero-order valence-corrected chi connectivity index (χ0v) is 12.6. The van der Waals surface area contributed by atoms with Crippen LogP contribution in [0.4, 0.5) is 5.69 Å². The van der Waals surface area contributed by atoms with E-state index < -0.39 is 5.97 Å². The van der Waals surface area contributed by atoms with Gasteiger partial charge < -0.3 is 10.5 Å². The summed E-state index contributed by atoms with van der Waals surface area (Å²) in [4.78, 5) is 15.9. The van der Waals surface area contributed by atoms with Crippen LogP contribution in [0.15, 0.2) is 24.4 Å². The molecule has 1 aromatic heterocycles. The summed E-state index contributed by atoms with van der Waals surface area (Å²) in [5.41, 5.74) is 6.90. The van der Waals surface area contributed by atoms with Gasteiger partial charge in [0.25, 0.3) is 0 Å². The highest BCUT2D eigenvalue weighted by Crippen LogP contribution is 2.37. The number of benzene rings is 1. The molecule has 0 amide bonds. The van der Waals surface area contributed by atoms with E-state index in [4.69, 9.17) is 45.3 Å². The fraction of sp³-hybridized carbons (Fsp3) is 0.0769. The van der Waals surface area contributed by atoms with Crippen molar-refractivity contribution < 1.29 is 9.53 Å². The summed E-state index contributed by atoms with van der Waals surface area (Å²) in [7, 11) is 1.27. The predicted molar refractivity (Wildman–Crippen MR) is 80.5 cm³/mol. The number of nitrogens with two attached hydrogens (primary N) is 1. The van der Waals surface area contributed by atoms with Crippen molar-refractivity contribution in [2.45, 2.75) is 0 Å². The molecule has 0 aliphatic rings. The molecule has 0 saturated heterocycles. The number of methoxy groups -OCH3 is 1. The van der Waals surface area contributed by atoms with E-state index in [1.807, 2.05) is 0 Å². The summed E-state index contributed by atoms with van der Waals surface area (Å²) in [6, 6.07) is 4.53. The van der Waals surface area contributed by atoms with Crippen molar-refractivity contribution in [2.75, 3.05) is 12.8 Å². The summed E-state index contributed by atoms with van der Waals surface area (Å²) in [5, 5.41) is 0.894. The van der Waals surface area contributed by atoms with Crippen LogP contribution in [-0.4, -0.2) is 18.1 Å². The van der Waals surface area contributed by atoms with Crippen molar-refractivity contribution in [3.05, 3.63) is 45.0 Å². The number of carbonyl (C=O) groups is 1. The third-order valence-corrected chi connectivity index (χ3v) is 3.58. The van der Waals surface area contributed by atoms with Gasteiger partial charge >= 0.3 is 5.97 Å². The zero-order chi connectivity index (χ0) is 14.9. The summed E-state index contributed by atoms with van der Waals surface area (Å²) in [6.07, 6.45) is 1.41. The molecule has 1 aromatic carbocycles. The minimum absolute atomic E-state index is 0.188. The summed E-state index contributed by atoms with van der Waals surface area (Å²) in [6.45, 7) is 0. The molecule has 0 unspecified atom stereocenters. The number of carbonyl (C=O) groups excluding carboxylic acids is 1. The SMILES string of the molecule is COC(=O)c1cc(N)cnc1-c1cc(Cl)cc(Cl)c1Cl. The van der Waals surface area contributed by atoms with E-state index >= 15 is 0 Å². The Morgan fingerprint density at radius 1 is 1.25 bits per heavy atom. The van der Waals surface area contributed by atoms with Crippen LogP contribution in [0.1, 0.15) is 10.4 Å². The molecule has 0 spiro atoms. The topological polar surface area (TPSA) is 65.2 Å². The van der Waals surface area contributed by atoms with E-state index in [0.29, 0.717) is 22.0 Å². The maximum atomic E-state index is 11.8. The van der Waals surface area contributed by atoms with Gasteiger partial charge in [0.15, 0.2) is 0 Å². The molecule has 0 atom stereocenters. The van der Waals surface area contributed by atoms with Crippen molar-refractivity contribution in [2.24, 2.45) is 0 Å². The van der Waals surface area contributed by atoms with E-state index in [9.17, 15) is 4.79 Å². The summed E-state index contributed by atoms with van der Waals surface area (Å²) < 4.78 is 4.71. The van der Waals surface area contributed by atoms with Crippen LogP contribution in [0, 0.1) is 0 Å². The highest BCUT2D eigenvalue weighted by atomic mass is 35.5. The summed E-state index contributed by atoms with van der Waals surface area (Å²) >= 11 is 18.1. The number of halogens is 3. The first-order valence-corrected chi connectivity index (χ1v) is 6.56. The highest BCUT2D eigenvalue weighted by Gasteiger charge is 2.19. The van der Waals surface area contributed by atoms with Crippen LogP contribution in [0.3, 0.4) is 0 Å². The molecule has 4 nitrogen and oxygen atoms in total. The molecule has 0 radical (unpaired) electrons. The Kier molecular flexibility index (Phi) is 4.38. The maximum Gasteiger partial charge on any atom is 0.340 e. The van der Waals surface area contributed by atoms with Crippen LogP contribution in [0.25, 0.3) is 11.3 Å². The lowest BCUT2D eigenvalue weighted by Crippen LogP contribution is -2.06. The molecule has 1 heterocycles. The minimum Gasteiger partial charge on any atom is -0.465 e. The smallest absolute Gasteiger partial charge is 0.340 e. The van der Waals surface area contributed by atoms with E-state index in [2.05, 4.69) is 4.98 Å². The molecular formula is C13H9Cl3N2O2. The van der Waals surface area contributed by atoms with Crippen molar-refractivity contribution in [1.82, 2.24) is 4.98 Å². The Hall–Kier alpha value is -1.49. The minimum atomic E-state index is -0.577. The van der Waals surface area contributed by atoms with E-state index in [1.54, 1.807) is 6.07 Å². The third-order valence-electron chi connectivity index (χ3n) is 2.56. The molecule has 0 bridgehead atoms. The van der Waals surface area contributed by atoms with Gasteiger partial charge in [0.05, 0.1) is 40.3 Å². The van der Waals surface area contributed by atoms with E-state index in [-0.39, 0.29) is 15.6 Å². The average molecular weight is 332 g/mol. The number of nitrogen functional groups attached to an aromatic ring is 1. The fourth-order valence-corrected chi connectivity index (χ4v) is 2.38. The lowest BCUT2D eigenvalue weighted by Gasteiger charge is -2.11.